The summed E-state index contributed by atoms with van der Waals surface area (Å²) in [6, 6.07) is 6.69. The van der Waals surface area contributed by atoms with Crippen LogP contribution in [0.2, 0.25) is 0 Å². The van der Waals surface area contributed by atoms with Gasteiger partial charge in [-0.2, -0.15) is 0 Å². The second kappa shape index (κ2) is 4.52. The number of phenols is 1. The van der Waals surface area contributed by atoms with Gasteiger partial charge in [-0.15, -0.1) is 0 Å². The zero-order chi connectivity index (χ0) is 15.1. The van der Waals surface area contributed by atoms with Crippen LogP contribution in [0.15, 0.2) is 36.7 Å². The molecule has 6 heteroatoms. The Morgan fingerprint density at radius 1 is 1.38 bits per heavy atom. The van der Waals surface area contributed by atoms with Crippen LogP contribution in [0.3, 0.4) is 0 Å². The molecule has 0 fully saturated rings. The fraction of sp³-hybridized carbons (Fsp3) is 0.0667. The lowest BCUT2D eigenvalue weighted by Gasteiger charge is -2.15. The molecule has 0 radical (unpaired) electrons. The van der Waals surface area contributed by atoms with Crippen molar-refractivity contribution in [3.63, 3.8) is 0 Å². The minimum Gasteiger partial charge on any atom is -0.508 e. The molecular weight excluding hydrogens is 268 g/mol. The first-order valence-electron chi connectivity index (χ1n) is 6.35. The molecule has 0 saturated heterocycles. The number of hydrogen-bond donors (Lipinski definition) is 3. The number of pyridine rings is 1. The molecular formula is C15H14N4O2. The number of anilines is 1. The molecule has 2 heterocycles. The van der Waals surface area contributed by atoms with Crippen molar-refractivity contribution in [3.8, 4) is 17.0 Å². The van der Waals surface area contributed by atoms with E-state index in [1.165, 1.54) is 0 Å². The third-order valence-corrected chi connectivity index (χ3v) is 3.53. The first kappa shape index (κ1) is 13.0. The van der Waals surface area contributed by atoms with Gasteiger partial charge < -0.3 is 16.6 Å². The van der Waals surface area contributed by atoms with Crippen LogP contribution in [0, 0.1) is 6.92 Å². The molecule has 1 aromatic carbocycles. The maximum Gasteiger partial charge on any atom is 0.252 e. The number of aromatic nitrogens is 2. The Labute approximate surface area is 120 Å². The van der Waals surface area contributed by atoms with Crippen LogP contribution in [-0.2, 0) is 0 Å². The normalized spacial score (nSPS) is 10.9. The summed E-state index contributed by atoms with van der Waals surface area (Å²) in [5.41, 5.74) is 14.4. The number of carbonyl (C=O) groups excluding carboxylic acids is 1. The van der Waals surface area contributed by atoms with E-state index in [-0.39, 0.29) is 17.0 Å². The molecule has 6 nitrogen and oxygen atoms in total. The third-order valence-electron chi connectivity index (χ3n) is 3.53. The van der Waals surface area contributed by atoms with Gasteiger partial charge in [0.05, 0.1) is 16.9 Å². The van der Waals surface area contributed by atoms with Crippen LogP contribution < -0.4 is 11.5 Å². The summed E-state index contributed by atoms with van der Waals surface area (Å²) in [6.07, 6.45) is 3.33. The second-order valence-electron chi connectivity index (χ2n) is 4.79. The summed E-state index contributed by atoms with van der Waals surface area (Å²) in [6.45, 7) is 1.77. The van der Waals surface area contributed by atoms with Gasteiger partial charge in [0, 0.05) is 29.6 Å². The zero-order valence-electron chi connectivity index (χ0n) is 11.4. The largest absolute Gasteiger partial charge is 0.508 e. The molecule has 106 valence electrons. The standard InChI is InChI=1S/C15H14N4O2/c1-8-9(3-2-4-11(8)20)14-13(15(17)21)10(16)7-12-18-5-6-19(12)14/h2-7,20H,16H2,1H3,(H2,17,21). The van der Waals surface area contributed by atoms with Crippen molar-refractivity contribution in [1.82, 2.24) is 9.38 Å². The van der Waals surface area contributed by atoms with Crippen LogP contribution in [0.5, 0.6) is 5.75 Å². The lowest BCUT2D eigenvalue weighted by atomic mass is 9.98. The van der Waals surface area contributed by atoms with Crippen LogP contribution in [0.1, 0.15) is 15.9 Å². The molecule has 0 atom stereocenters. The van der Waals surface area contributed by atoms with E-state index in [9.17, 15) is 9.90 Å². The lowest BCUT2D eigenvalue weighted by Crippen LogP contribution is -2.17. The number of primary amides is 1. The van der Waals surface area contributed by atoms with E-state index in [0.717, 1.165) is 0 Å². The molecule has 0 aliphatic carbocycles. The number of imidazole rings is 1. The van der Waals surface area contributed by atoms with Crippen LogP contribution in [0.4, 0.5) is 5.69 Å². The monoisotopic (exact) mass is 282 g/mol. The number of nitrogens with two attached hydrogens (primary N) is 2. The molecule has 0 unspecified atom stereocenters. The van der Waals surface area contributed by atoms with Crippen LogP contribution >= 0.6 is 0 Å². The zero-order valence-corrected chi connectivity index (χ0v) is 11.4. The number of phenolic OH excluding ortho intramolecular Hbond substituents is 1. The fourth-order valence-electron chi connectivity index (χ4n) is 2.48. The van der Waals surface area contributed by atoms with Gasteiger partial charge in [0.25, 0.3) is 5.91 Å². The van der Waals surface area contributed by atoms with Crippen molar-refractivity contribution >= 4 is 17.2 Å². The quantitative estimate of drug-likeness (QED) is 0.665. The molecule has 5 N–H and O–H groups in total. The molecule has 0 aliphatic heterocycles. The smallest absolute Gasteiger partial charge is 0.252 e. The second-order valence-corrected chi connectivity index (χ2v) is 4.79. The molecule has 0 bridgehead atoms. The first-order valence-corrected chi connectivity index (χ1v) is 6.35. The van der Waals surface area contributed by atoms with Crippen molar-refractivity contribution in [1.29, 1.82) is 0 Å². The first-order chi connectivity index (χ1) is 10.0. The molecule has 1 amide bonds. The highest BCUT2D eigenvalue weighted by Gasteiger charge is 2.20. The van der Waals surface area contributed by atoms with E-state index < -0.39 is 5.91 Å². The van der Waals surface area contributed by atoms with Gasteiger partial charge in [0.1, 0.15) is 11.4 Å². The number of benzene rings is 1. The third kappa shape index (κ3) is 1.88. The number of amides is 1. The van der Waals surface area contributed by atoms with Crippen LogP contribution in [-0.4, -0.2) is 20.4 Å². The molecule has 2 aromatic heterocycles. The Bertz CT molecular complexity index is 867. The average Bonchev–Trinajstić information content (AvgIpc) is 2.88. The lowest BCUT2D eigenvalue weighted by molar-refractivity contribution is 0.100. The van der Waals surface area contributed by atoms with E-state index in [1.807, 2.05) is 0 Å². The van der Waals surface area contributed by atoms with Crippen molar-refractivity contribution in [3.05, 3.63) is 47.8 Å². The van der Waals surface area contributed by atoms with Crippen molar-refractivity contribution in [2.24, 2.45) is 5.73 Å². The van der Waals surface area contributed by atoms with Gasteiger partial charge in [0.15, 0.2) is 0 Å². The van der Waals surface area contributed by atoms with E-state index >= 15 is 0 Å². The highest BCUT2D eigenvalue weighted by atomic mass is 16.3. The average molecular weight is 282 g/mol. The minimum absolute atomic E-state index is 0.138. The van der Waals surface area contributed by atoms with Crippen molar-refractivity contribution < 1.29 is 9.90 Å². The molecule has 0 spiro atoms. The van der Waals surface area contributed by atoms with Crippen molar-refractivity contribution in [2.45, 2.75) is 6.92 Å². The predicted molar refractivity (Wildman–Crippen MR) is 80.0 cm³/mol. The van der Waals surface area contributed by atoms with Crippen LogP contribution in [0.25, 0.3) is 16.9 Å². The molecule has 0 saturated carbocycles. The number of fused-ring (bicyclic) bond motifs is 1. The highest BCUT2D eigenvalue weighted by molar-refractivity contribution is 6.05. The van der Waals surface area contributed by atoms with Gasteiger partial charge in [-0.05, 0) is 13.0 Å². The van der Waals surface area contributed by atoms with E-state index in [4.69, 9.17) is 11.5 Å². The number of nitrogen functional groups attached to an aromatic ring is 1. The number of rotatable bonds is 2. The van der Waals surface area contributed by atoms with Gasteiger partial charge in [-0.3, -0.25) is 9.20 Å². The molecule has 0 aliphatic rings. The fourth-order valence-corrected chi connectivity index (χ4v) is 2.48. The number of aromatic hydroxyl groups is 1. The summed E-state index contributed by atoms with van der Waals surface area (Å²) in [4.78, 5) is 16.0. The summed E-state index contributed by atoms with van der Waals surface area (Å²) < 4.78 is 1.73. The van der Waals surface area contributed by atoms with E-state index in [1.54, 1.807) is 48.0 Å². The van der Waals surface area contributed by atoms with Gasteiger partial charge >= 0.3 is 0 Å². The summed E-state index contributed by atoms with van der Waals surface area (Å²) >= 11 is 0. The maximum atomic E-state index is 11.8. The predicted octanol–water partition coefficient (Wildman–Crippen LogP) is 1.70. The minimum atomic E-state index is -0.624. The Kier molecular flexibility index (Phi) is 2.79. The van der Waals surface area contributed by atoms with E-state index in [0.29, 0.717) is 22.5 Å². The Morgan fingerprint density at radius 2 is 2.14 bits per heavy atom. The summed E-state index contributed by atoms with van der Waals surface area (Å²) in [5, 5.41) is 9.91. The SMILES string of the molecule is Cc1c(O)cccc1-c1c(C(N)=O)c(N)cc2nccn12. The molecule has 3 aromatic rings. The van der Waals surface area contributed by atoms with E-state index in [2.05, 4.69) is 4.98 Å². The number of hydrogen-bond acceptors (Lipinski definition) is 4. The van der Waals surface area contributed by atoms with Crippen molar-refractivity contribution in [2.75, 3.05) is 5.73 Å². The number of carbonyl (C=O) groups is 1. The van der Waals surface area contributed by atoms with Gasteiger partial charge in [-0.25, -0.2) is 4.98 Å². The van der Waals surface area contributed by atoms with Gasteiger partial charge in [-0.1, -0.05) is 12.1 Å². The summed E-state index contributed by atoms with van der Waals surface area (Å²) in [5.74, 6) is -0.487. The number of nitrogens with zero attached hydrogens (tertiary/aromatic N) is 2. The Hall–Kier alpha value is -3.02. The highest BCUT2D eigenvalue weighted by Crippen LogP contribution is 2.34. The topological polar surface area (TPSA) is 107 Å². The van der Waals surface area contributed by atoms with Gasteiger partial charge in [0.2, 0.25) is 0 Å². The maximum absolute atomic E-state index is 11.8. The summed E-state index contributed by atoms with van der Waals surface area (Å²) in [7, 11) is 0. The molecule has 21 heavy (non-hydrogen) atoms. The Morgan fingerprint density at radius 3 is 2.86 bits per heavy atom. The Balaban J connectivity index is 2.50. The molecule has 3 rings (SSSR count).